The summed E-state index contributed by atoms with van der Waals surface area (Å²) in [6, 6.07) is 7.21. The number of aromatic nitrogens is 1. The Morgan fingerprint density at radius 1 is 1.00 bits per heavy atom. The molecule has 0 fully saturated rings. The molecule has 0 amide bonds. The molecule has 4 heteroatoms. The monoisotopic (exact) mass is 305 g/mol. The largest absolute Gasteiger partial charge is 0.495 e. The number of pyridine rings is 1. The molecule has 3 nitrogen and oxygen atoms in total. The van der Waals surface area contributed by atoms with Gasteiger partial charge in [0, 0.05) is 6.20 Å². The average Bonchev–Trinajstić information content (AvgIpc) is 2.57. The standard InChI is InChI=1S/C10H13FO.C8H11NO/c1-3-5-8-6-4-7-9(12-2)10(8)11;1-3-7-4-5-9-6-8(7)10-2/h4,6-7H,3,5H2,1-2H3;4-6H,3H2,1-2H3. The number of hydrogen-bond acceptors (Lipinski definition) is 3. The molecule has 22 heavy (non-hydrogen) atoms. The topological polar surface area (TPSA) is 31.4 Å². The van der Waals surface area contributed by atoms with Crippen LogP contribution in [0, 0.1) is 5.82 Å². The molecule has 0 atom stereocenters. The average molecular weight is 305 g/mol. The number of aryl methyl sites for hydroxylation is 2. The molecule has 1 aromatic carbocycles. The Hall–Kier alpha value is -2.10. The van der Waals surface area contributed by atoms with E-state index in [1.807, 2.05) is 19.1 Å². The van der Waals surface area contributed by atoms with Gasteiger partial charge in [0.05, 0.1) is 20.4 Å². The molecule has 0 unspecified atom stereocenters. The minimum Gasteiger partial charge on any atom is -0.495 e. The zero-order valence-electron chi connectivity index (χ0n) is 13.7. The Bertz CT molecular complexity index is 550. The Balaban J connectivity index is 0.000000224. The van der Waals surface area contributed by atoms with Crippen molar-refractivity contribution in [2.75, 3.05) is 14.2 Å². The van der Waals surface area contributed by atoms with Crippen molar-refractivity contribution in [1.29, 1.82) is 0 Å². The van der Waals surface area contributed by atoms with Gasteiger partial charge in [0.15, 0.2) is 11.6 Å². The number of rotatable bonds is 5. The highest BCUT2D eigenvalue weighted by Gasteiger charge is 2.06. The molecule has 0 aliphatic heterocycles. The van der Waals surface area contributed by atoms with E-state index in [2.05, 4.69) is 11.9 Å². The summed E-state index contributed by atoms with van der Waals surface area (Å²) in [6.07, 6.45) is 6.22. The smallest absolute Gasteiger partial charge is 0.168 e. The number of nitrogens with zero attached hydrogens (tertiary/aromatic N) is 1. The summed E-state index contributed by atoms with van der Waals surface area (Å²) < 4.78 is 23.3. The van der Waals surface area contributed by atoms with Crippen molar-refractivity contribution in [3.63, 3.8) is 0 Å². The summed E-state index contributed by atoms with van der Waals surface area (Å²) >= 11 is 0. The zero-order chi connectivity index (χ0) is 16.4. The quantitative estimate of drug-likeness (QED) is 0.818. The number of halogens is 1. The van der Waals surface area contributed by atoms with Crippen LogP contribution in [0.15, 0.2) is 36.7 Å². The first kappa shape index (κ1) is 18.0. The van der Waals surface area contributed by atoms with Crippen LogP contribution in [-0.2, 0) is 12.8 Å². The SMILES string of the molecule is CCCc1cccc(OC)c1F.CCc1ccncc1OC. The fourth-order valence-corrected chi connectivity index (χ4v) is 2.06. The van der Waals surface area contributed by atoms with Crippen LogP contribution in [0.5, 0.6) is 11.5 Å². The van der Waals surface area contributed by atoms with Crippen LogP contribution < -0.4 is 9.47 Å². The Labute approximate surface area is 132 Å². The van der Waals surface area contributed by atoms with Gasteiger partial charge in [-0.15, -0.1) is 0 Å². The number of ether oxygens (including phenoxy) is 2. The van der Waals surface area contributed by atoms with Crippen LogP contribution in [0.3, 0.4) is 0 Å². The van der Waals surface area contributed by atoms with Gasteiger partial charge in [-0.25, -0.2) is 4.39 Å². The van der Waals surface area contributed by atoms with Crippen molar-refractivity contribution in [3.05, 3.63) is 53.6 Å². The first-order valence-electron chi connectivity index (χ1n) is 7.46. The Morgan fingerprint density at radius 3 is 2.27 bits per heavy atom. The van der Waals surface area contributed by atoms with E-state index >= 15 is 0 Å². The highest BCUT2D eigenvalue weighted by atomic mass is 19.1. The Morgan fingerprint density at radius 2 is 1.73 bits per heavy atom. The highest BCUT2D eigenvalue weighted by Crippen LogP contribution is 2.20. The lowest BCUT2D eigenvalue weighted by atomic mass is 10.1. The molecule has 1 heterocycles. The van der Waals surface area contributed by atoms with E-state index in [9.17, 15) is 4.39 Å². The van der Waals surface area contributed by atoms with Crippen molar-refractivity contribution < 1.29 is 13.9 Å². The van der Waals surface area contributed by atoms with E-state index in [0.717, 1.165) is 30.6 Å². The normalized spacial score (nSPS) is 9.68. The lowest BCUT2D eigenvalue weighted by Crippen LogP contribution is -1.93. The van der Waals surface area contributed by atoms with Gasteiger partial charge in [-0.3, -0.25) is 4.98 Å². The van der Waals surface area contributed by atoms with Gasteiger partial charge < -0.3 is 9.47 Å². The molecular formula is C18H24FNO2. The minimum atomic E-state index is -0.221. The van der Waals surface area contributed by atoms with Crippen molar-refractivity contribution in [3.8, 4) is 11.5 Å². The van der Waals surface area contributed by atoms with E-state index in [-0.39, 0.29) is 5.82 Å². The molecule has 0 aliphatic rings. The van der Waals surface area contributed by atoms with Crippen molar-refractivity contribution >= 4 is 0 Å². The first-order chi connectivity index (χ1) is 10.7. The molecular weight excluding hydrogens is 281 g/mol. The molecule has 0 saturated heterocycles. The van der Waals surface area contributed by atoms with Crippen LogP contribution in [0.2, 0.25) is 0 Å². The third kappa shape index (κ3) is 5.02. The second-order valence-corrected chi connectivity index (χ2v) is 4.72. The van der Waals surface area contributed by atoms with E-state index in [4.69, 9.17) is 9.47 Å². The fourth-order valence-electron chi connectivity index (χ4n) is 2.06. The summed E-state index contributed by atoms with van der Waals surface area (Å²) in [5.74, 6) is 0.993. The van der Waals surface area contributed by atoms with Gasteiger partial charge in [0.25, 0.3) is 0 Å². The maximum absolute atomic E-state index is 13.3. The third-order valence-corrected chi connectivity index (χ3v) is 3.25. The maximum Gasteiger partial charge on any atom is 0.168 e. The highest BCUT2D eigenvalue weighted by molar-refractivity contribution is 5.31. The molecule has 0 bridgehead atoms. The number of benzene rings is 1. The predicted octanol–water partition coefficient (Wildman–Crippen LogP) is 4.44. The maximum atomic E-state index is 13.3. The molecule has 0 N–H and O–H groups in total. The van der Waals surface area contributed by atoms with Gasteiger partial charge in [0.2, 0.25) is 0 Å². The van der Waals surface area contributed by atoms with Crippen LogP contribution in [0.4, 0.5) is 4.39 Å². The summed E-state index contributed by atoms with van der Waals surface area (Å²) in [7, 11) is 3.14. The van der Waals surface area contributed by atoms with Crippen LogP contribution >= 0.6 is 0 Å². The minimum absolute atomic E-state index is 0.221. The number of methoxy groups -OCH3 is 2. The fraction of sp³-hybridized carbons (Fsp3) is 0.389. The molecule has 0 aliphatic carbocycles. The summed E-state index contributed by atoms with van der Waals surface area (Å²) in [4.78, 5) is 3.94. The van der Waals surface area contributed by atoms with Crippen molar-refractivity contribution in [2.45, 2.75) is 33.1 Å². The second-order valence-electron chi connectivity index (χ2n) is 4.72. The third-order valence-electron chi connectivity index (χ3n) is 3.25. The Kier molecular flexibility index (Phi) is 7.97. The summed E-state index contributed by atoms with van der Waals surface area (Å²) in [5.41, 5.74) is 1.94. The summed E-state index contributed by atoms with van der Waals surface area (Å²) in [5, 5.41) is 0. The lowest BCUT2D eigenvalue weighted by Gasteiger charge is -2.05. The van der Waals surface area contributed by atoms with E-state index in [1.54, 1.807) is 31.6 Å². The van der Waals surface area contributed by atoms with Gasteiger partial charge in [-0.1, -0.05) is 32.4 Å². The van der Waals surface area contributed by atoms with Gasteiger partial charge >= 0.3 is 0 Å². The molecule has 2 aromatic rings. The number of hydrogen-bond donors (Lipinski definition) is 0. The van der Waals surface area contributed by atoms with Crippen LogP contribution in [0.25, 0.3) is 0 Å². The van der Waals surface area contributed by atoms with Crippen molar-refractivity contribution in [1.82, 2.24) is 4.98 Å². The van der Waals surface area contributed by atoms with Gasteiger partial charge in [0.1, 0.15) is 5.75 Å². The summed E-state index contributed by atoms with van der Waals surface area (Å²) in [6.45, 7) is 4.12. The van der Waals surface area contributed by atoms with Gasteiger partial charge in [-0.05, 0) is 36.1 Å². The first-order valence-corrected chi connectivity index (χ1v) is 7.46. The molecule has 0 spiro atoms. The van der Waals surface area contributed by atoms with E-state index < -0.39 is 0 Å². The van der Waals surface area contributed by atoms with Crippen LogP contribution in [-0.4, -0.2) is 19.2 Å². The molecule has 120 valence electrons. The van der Waals surface area contributed by atoms with Crippen molar-refractivity contribution in [2.24, 2.45) is 0 Å². The lowest BCUT2D eigenvalue weighted by molar-refractivity contribution is 0.384. The van der Waals surface area contributed by atoms with Crippen LogP contribution in [0.1, 0.15) is 31.4 Å². The predicted molar refractivity (Wildman–Crippen MR) is 87.1 cm³/mol. The zero-order valence-corrected chi connectivity index (χ0v) is 13.7. The molecule has 0 saturated carbocycles. The molecule has 2 rings (SSSR count). The van der Waals surface area contributed by atoms with E-state index in [1.165, 1.54) is 12.7 Å². The van der Waals surface area contributed by atoms with E-state index in [0.29, 0.717) is 5.75 Å². The molecule has 1 aromatic heterocycles. The van der Waals surface area contributed by atoms with Gasteiger partial charge in [-0.2, -0.15) is 0 Å². The molecule has 0 radical (unpaired) electrons. The second kappa shape index (κ2) is 9.77.